The van der Waals surface area contributed by atoms with Crippen molar-refractivity contribution in [2.24, 2.45) is 11.7 Å². The lowest BCUT2D eigenvalue weighted by molar-refractivity contribution is -0.126. The standard InChI is InChI=1S/C14H30N2O/c1-4-7-10-13(11-15)16-14(17)12(8-5-2)9-6-3/h12-13H,4-11,15H2,1-3H3,(H,16,17). The zero-order chi connectivity index (χ0) is 13.1. The fourth-order valence-electron chi connectivity index (χ4n) is 2.12. The van der Waals surface area contributed by atoms with E-state index >= 15 is 0 Å². The van der Waals surface area contributed by atoms with E-state index in [1.165, 1.54) is 0 Å². The molecule has 0 saturated heterocycles. The van der Waals surface area contributed by atoms with Gasteiger partial charge in [0.25, 0.3) is 0 Å². The third-order valence-electron chi connectivity index (χ3n) is 3.18. The highest BCUT2D eigenvalue weighted by Crippen LogP contribution is 2.14. The highest BCUT2D eigenvalue weighted by Gasteiger charge is 2.19. The molecule has 1 atom stereocenters. The molecule has 1 amide bonds. The molecule has 0 rings (SSSR count). The van der Waals surface area contributed by atoms with Gasteiger partial charge in [-0.05, 0) is 19.3 Å². The minimum absolute atomic E-state index is 0.165. The number of rotatable bonds is 10. The molecule has 0 heterocycles. The summed E-state index contributed by atoms with van der Waals surface area (Å²) >= 11 is 0. The number of carbonyl (C=O) groups excluding carboxylic acids is 1. The van der Waals surface area contributed by atoms with Crippen LogP contribution in [0.2, 0.25) is 0 Å². The van der Waals surface area contributed by atoms with Crippen molar-refractivity contribution >= 4 is 5.91 Å². The Bertz CT molecular complexity index is 189. The Morgan fingerprint density at radius 3 is 2.06 bits per heavy atom. The normalized spacial score (nSPS) is 12.8. The molecule has 102 valence electrons. The molecular formula is C14H30N2O. The van der Waals surface area contributed by atoms with Crippen LogP contribution in [-0.4, -0.2) is 18.5 Å². The van der Waals surface area contributed by atoms with Crippen LogP contribution < -0.4 is 11.1 Å². The Hall–Kier alpha value is -0.570. The fraction of sp³-hybridized carbons (Fsp3) is 0.929. The summed E-state index contributed by atoms with van der Waals surface area (Å²) in [7, 11) is 0. The first-order valence-electron chi connectivity index (χ1n) is 7.19. The molecule has 0 bridgehead atoms. The van der Waals surface area contributed by atoms with Crippen LogP contribution in [-0.2, 0) is 4.79 Å². The molecule has 17 heavy (non-hydrogen) atoms. The van der Waals surface area contributed by atoms with Crippen molar-refractivity contribution in [1.82, 2.24) is 5.32 Å². The van der Waals surface area contributed by atoms with Crippen LogP contribution >= 0.6 is 0 Å². The van der Waals surface area contributed by atoms with Gasteiger partial charge in [-0.25, -0.2) is 0 Å². The first-order valence-corrected chi connectivity index (χ1v) is 7.19. The first-order chi connectivity index (χ1) is 8.19. The third-order valence-corrected chi connectivity index (χ3v) is 3.18. The van der Waals surface area contributed by atoms with Gasteiger partial charge in [0.1, 0.15) is 0 Å². The number of nitrogens with two attached hydrogens (primary N) is 1. The summed E-state index contributed by atoms with van der Waals surface area (Å²) in [6.07, 6.45) is 7.41. The lowest BCUT2D eigenvalue weighted by atomic mass is 9.96. The molecule has 0 spiro atoms. The number of nitrogens with one attached hydrogen (secondary N) is 1. The van der Waals surface area contributed by atoms with Gasteiger partial charge in [-0.3, -0.25) is 4.79 Å². The Labute approximate surface area is 107 Å². The summed E-state index contributed by atoms with van der Waals surface area (Å²) in [5.41, 5.74) is 5.70. The number of hydrogen-bond acceptors (Lipinski definition) is 2. The van der Waals surface area contributed by atoms with Crippen LogP contribution in [0.3, 0.4) is 0 Å². The molecule has 0 aliphatic carbocycles. The molecule has 3 nitrogen and oxygen atoms in total. The highest BCUT2D eigenvalue weighted by atomic mass is 16.1. The van der Waals surface area contributed by atoms with Gasteiger partial charge in [0.2, 0.25) is 5.91 Å². The number of hydrogen-bond donors (Lipinski definition) is 2. The first kappa shape index (κ1) is 16.4. The van der Waals surface area contributed by atoms with Crippen molar-refractivity contribution in [3.8, 4) is 0 Å². The second-order valence-corrected chi connectivity index (χ2v) is 4.86. The van der Waals surface area contributed by atoms with Crippen molar-refractivity contribution < 1.29 is 4.79 Å². The third kappa shape index (κ3) is 7.37. The second-order valence-electron chi connectivity index (χ2n) is 4.86. The molecule has 0 radical (unpaired) electrons. The smallest absolute Gasteiger partial charge is 0.223 e. The van der Waals surface area contributed by atoms with Crippen molar-refractivity contribution in [2.45, 2.75) is 71.8 Å². The van der Waals surface area contributed by atoms with E-state index in [-0.39, 0.29) is 17.9 Å². The zero-order valence-electron chi connectivity index (χ0n) is 11.8. The summed E-state index contributed by atoms with van der Waals surface area (Å²) < 4.78 is 0. The van der Waals surface area contributed by atoms with E-state index in [0.717, 1.165) is 44.9 Å². The quantitative estimate of drug-likeness (QED) is 0.619. The van der Waals surface area contributed by atoms with Gasteiger partial charge in [-0.1, -0.05) is 46.5 Å². The van der Waals surface area contributed by atoms with E-state index in [1.54, 1.807) is 0 Å². The zero-order valence-corrected chi connectivity index (χ0v) is 11.8. The monoisotopic (exact) mass is 242 g/mol. The summed E-state index contributed by atoms with van der Waals surface area (Å²) in [4.78, 5) is 12.1. The van der Waals surface area contributed by atoms with Gasteiger partial charge >= 0.3 is 0 Å². The van der Waals surface area contributed by atoms with Crippen LogP contribution in [0.5, 0.6) is 0 Å². The average molecular weight is 242 g/mol. The largest absolute Gasteiger partial charge is 0.352 e. The topological polar surface area (TPSA) is 55.1 Å². The fourth-order valence-corrected chi connectivity index (χ4v) is 2.12. The van der Waals surface area contributed by atoms with Crippen LogP contribution in [0.25, 0.3) is 0 Å². The van der Waals surface area contributed by atoms with Gasteiger partial charge in [0, 0.05) is 18.5 Å². The van der Waals surface area contributed by atoms with Crippen LogP contribution in [0.15, 0.2) is 0 Å². The van der Waals surface area contributed by atoms with Gasteiger partial charge in [-0.2, -0.15) is 0 Å². The summed E-state index contributed by atoms with van der Waals surface area (Å²) in [5.74, 6) is 0.390. The average Bonchev–Trinajstić information content (AvgIpc) is 2.33. The molecular weight excluding hydrogens is 212 g/mol. The molecule has 0 saturated carbocycles. The van der Waals surface area contributed by atoms with Gasteiger partial charge < -0.3 is 11.1 Å². The maximum absolute atomic E-state index is 12.1. The van der Waals surface area contributed by atoms with Crippen LogP contribution in [0.1, 0.15) is 65.7 Å². The van der Waals surface area contributed by atoms with Crippen LogP contribution in [0.4, 0.5) is 0 Å². The molecule has 3 N–H and O–H groups in total. The lowest BCUT2D eigenvalue weighted by Crippen LogP contribution is -2.43. The Kier molecular flexibility index (Phi) is 10.2. The minimum Gasteiger partial charge on any atom is -0.352 e. The molecule has 3 heteroatoms. The Morgan fingerprint density at radius 1 is 1.06 bits per heavy atom. The van der Waals surface area contributed by atoms with Crippen LogP contribution in [0, 0.1) is 5.92 Å². The lowest BCUT2D eigenvalue weighted by Gasteiger charge is -2.21. The molecule has 0 fully saturated rings. The number of amides is 1. The number of unbranched alkanes of at least 4 members (excludes halogenated alkanes) is 1. The maximum Gasteiger partial charge on any atom is 0.223 e. The second kappa shape index (κ2) is 10.6. The van der Waals surface area contributed by atoms with E-state index in [4.69, 9.17) is 5.73 Å². The maximum atomic E-state index is 12.1. The van der Waals surface area contributed by atoms with E-state index in [0.29, 0.717) is 6.54 Å². The van der Waals surface area contributed by atoms with E-state index in [9.17, 15) is 4.79 Å². The predicted molar refractivity (Wildman–Crippen MR) is 73.8 cm³/mol. The number of carbonyl (C=O) groups is 1. The Balaban J connectivity index is 4.14. The molecule has 0 aromatic heterocycles. The highest BCUT2D eigenvalue weighted by molar-refractivity contribution is 5.78. The summed E-state index contributed by atoms with van der Waals surface area (Å²) in [5, 5.41) is 3.11. The molecule has 0 aromatic carbocycles. The molecule has 0 aliphatic heterocycles. The van der Waals surface area contributed by atoms with Crippen molar-refractivity contribution in [1.29, 1.82) is 0 Å². The molecule has 0 aromatic rings. The van der Waals surface area contributed by atoms with E-state index in [2.05, 4.69) is 26.1 Å². The summed E-state index contributed by atoms with van der Waals surface area (Å²) in [6, 6.07) is 0.165. The Morgan fingerprint density at radius 2 is 1.65 bits per heavy atom. The molecule has 0 aliphatic rings. The van der Waals surface area contributed by atoms with Crippen molar-refractivity contribution in [3.05, 3.63) is 0 Å². The summed E-state index contributed by atoms with van der Waals surface area (Å²) in [6.45, 7) is 6.98. The molecule has 1 unspecified atom stereocenters. The van der Waals surface area contributed by atoms with Gasteiger partial charge in [-0.15, -0.1) is 0 Å². The van der Waals surface area contributed by atoms with E-state index in [1.807, 2.05) is 0 Å². The SMILES string of the molecule is CCCCC(CN)NC(=O)C(CCC)CCC. The van der Waals surface area contributed by atoms with Gasteiger partial charge in [0.15, 0.2) is 0 Å². The van der Waals surface area contributed by atoms with Gasteiger partial charge in [0.05, 0.1) is 0 Å². The van der Waals surface area contributed by atoms with Crippen molar-refractivity contribution in [3.63, 3.8) is 0 Å². The van der Waals surface area contributed by atoms with E-state index < -0.39 is 0 Å². The predicted octanol–water partition coefficient (Wildman–Crippen LogP) is 2.84. The minimum atomic E-state index is 0.165. The van der Waals surface area contributed by atoms with Crippen molar-refractivity contribution in [2.75, 3.05) is 6.54 Å².